The Labute approximate surface area is 207 Å². The number of amides is 2. The third kappa shape index (κ3) is 7.17. The Morgan fingerprint density at radius 3 is 2.46 bits per heavy atom. The van der Waals surface area contributed by atoms with E-state index in [1.165, 1.54) is 22.9 Å². The largest absolute Gasteiger partial charge is 0.481 e. The van der Waals surface area contributed by atoms with Gasteiger partial charge in [-0.1, -0.05) is 31.0 Å². The Morgan fingerprint density at radius 1 is 1.06 bits per heavy atom. The molecule has 1 saturated carbocycles. The molecule has 0 bridgehead atoms. The average Bonchev–Trinajstić information content (AvgIpc) is 3.31. The van der Waals surface area contributed by atoms with Crippen molar-refractivity contribution in [2.45, 2.75) is 68.3 Å². The zero-order valence-electron chi connectivity index (χ0n) is 19.5. The summed E-state index contributed by atoms with van der Waals surface area (Å²) in [4.78, 5) is 37.5. The zero-order chi connectivity index (χ0) is 24.6. The van der Waals surface area contributed by atoms with Crippen LogP contribution >= 0.6 is 11.8 Å². The molecule has 1 aromatic carbocycles. The molecule has 0 radical (unpaired) electrons. The van der Waals surface area contributed by atoms with Crippen molar-refractivity contribution in [2.24, 2.45) is 5.92 Å². The van der Waals surface area contributed by atoms with Crippen LogP contribution < -0.4 is 10.1 Å². The molecule has 35 heavy (non-hydrogen) atoms. The molecule has 0 unspecified atom stereocenters. The van der Waals surface area contributed by atoms with E-state index in [9.17, 15) is 14.4 Å². The number of piperidine rings is 1. The van der Waals surface area contributed by atoms with Gasteiger partial charge in [0.1, 0.15) is 5.75 Å². The second-order valence-corrected chi connectivity index (χ2v) is 10.1. The number of nitrogens with zero attached hydrogens (tertiary/aromatic N) is 5. The molecule has 1 aliphatic carbocycles. The fraction of sp³-hybridized carbons (Fsp3) is 0.565. The van der Waals surface area contributed by atoms with Crippen molar-refractivity contribution in [3.63, 3.8) is 0 Å². The van der Waals surface area contributed by atoms with Crippen LogP contribution in [0.4, 0.5) is 10.5 Å². The average molecular weight is 503 g/mol. The van der Waals surface area contributed by atoms with Gasteiger partial charge >= 0.3 is 12.1 Å². The van der Waals surface area contributed by atoms with E-state index in [-0.39, 0.29) is 30.0 Å². The summed E-state index contributed by atoms with van der Waals surface area (Å²) < 4.78 is 7.02. The summed E-state index contributed by atoms with van der Waals surface area (Å²) >= 11 is 1.50. The second kappa shape index (κ2) is 12.0. The van der Waals surface area contributed by atoms with Gasteiger partial charge in [0.25, 0.3) is 0 Å². The number of likely N-dealkylation sites (tertiary alicyclic amines) is 1. The van der Waals surface area contributed by atoms with Crippen LogP contribution in [-0.2, 0) is 16.1 Å². The van der Waals surface area contributed by atoms with E-state index in [2.05, 4.69) is 20.8 Å². The van der Waals surface area contributed by atoms with Crippen molar-refractivity contribution in [2.75, 3.05) is 18.4 Å². The maximum Gasteiger partial charge on any atom is 0.415 e. The normalized spacial score (nSPS) is 17.2. The lowest BCUT2D eigenvalue weighted by Gasteiger charge is -2.30. The predicted molar refractivity (Wildman–Crippen MR) is 128 cm³/mol. The fourth-order valence-electron chi connectivity index (χ4n) is 4.31. The van der Waals surface area contributed by atoms with Crippen molar-refractivity contribution in [1.29, 1.82) is 0 Å². The highest BCUT2D eigenvalue weighted by atomic mass is 32.2. The van der Waals surface area contributed by atoms with E-state index >= 15 is 0 Å². The number of hydrogen-bond donors (Lipinski definition) is 2. The molecule has 2 aliphatic rings. The number of hydrogen-bond acceptors (Lipinski definition) is 8. The van der Waals surface area contributed by atoms with E-state index in [1.807, 2.05) is 0 Å². The summed E-state index contributed by atoms with van der Waals surface area (Å²) in [5.74, 6) is -0.326. The first-order valence-corrected chi connectivity index (χ1v) is 12.9. The monoisotopic (exact) mass is 502 g/mol. The molecule has 4 rings (SSSR count). The molecular weight excluding hydrogens is 472 g/mol. The summed E-state index contributed by atoms with van der Waals surface area (Å²) in [6.45, 7) is 1.31. The van der Waals surface area contributed by atoms with Crippen molar-refractivity contribution in [3.8, 4) is 5.75 Å². The number of rotatable bonds is 8. The molecule has 2 aromatic rings. The van der Waals surface area contributed by atoms with Crippen LogP contribution in [0.1, 0.15) is 51.4 Å². The van der Waals surface area contributed by atoms with E-state index in [0.717, 1.165) is 38.5 Å². The maximum atomic E-state index is 12.6. The summed E-state index contributed by atoms with van der Waals surface area (Å²) in [5.41, 5.74) is 0.698. The van der Waals surface area contributed by atoms with Gasteiger partial charge in [0.05, 0.1) is 13.0 Å². The molecule has 2 fully saturated rings. The van der Waals surface area contributed by atoms with Crippen LogP contribution in [0.25, 0.3) is 0 Å². The van der Waals surface area contributed by atoms with Crippen molar-refractivity contribution in [1.82, 2.24) is 25.1 Å². The second-order valence-electron chi connectivity index (χ2n) is 8.85. The van der Waals surface area contributed by atoms with Crippen LogP contribution in [0.3, 0.4) is 0 Å². The third-order valence-electron chi connectivity index (χ3n) is 6.31. The van der Waals surface area contributed by atoms with Gasteiger partial charge in [-0.25, -0.2) is 9.48 Å². The maximum absolute atomic E-state index is 12.6. The van der Waals surface area contributed by atoms with Gasteiger partial charge in [0, 0.05) is 29.9 Å². The van der Waals surface area contributed by atoms with Crippen LogP contribution in [0.5, 0.6) is 5.75 Å². The van der Waals surface area contributed by atoms with Gasteiger partial charge in [-0.15, -0.1) is 5.10 Å². The molecule has 0 spiro atoms. The molecule has 2 N–H and O–H groups in total. The number of carboxylic acid groups (broad SMARTS) is 1. The van der Waals surface area contributed by atoms with E-state index in [0.29, 0.717) is 29.7 Å². The number of aromatic nitrogens is 4. The fourth-order valence-corrected chi connectivity index (χ4v) is 5.39. The lowest BCUT2D eigenvalue weighted by molar-refractivity contribution is -0.137. The molecule has 2 amide bonds. The molecule has 1 aromatic heterocycles. The SMILES string of the molecule is O=C(O)CCn1nnnc1SC1CCN(C(=O)Oc2ccc(NC(=O)C3CCCCC3)cc2)CC1. The molecule has 188 valence electrons. The Hall–Kier alpha value is -3.15. The first-order valence-electron chi connectivity index (χ1n) is 12.0. The minimum absolute atomic E-state index is 0.0449. The van der Waals surface area contributed by atoms with Crippen molar-refractivity contribution in [3.05, 3.63) is 24.3 Å². The Kier molecular flexibility index (Phi) is 8.56. The molecule has 1 aliphatic heterocycles. The highest BCUT2D eigenvalue weighted by Gasteiger charge is 2.26. The molecule has 2 heterocycles. The number of thioether (sulfide) groups is 1. The smallest absolute Gasteiger partial charge is 0.415 e. The van der Waals surface area contributed by atoms with Crippen LogP contribution in [-0.4, -0.2) is 66.5 Å². The van der Waals surface area contributed by atoms with E-state index in [4.69, 9.17) is 9.84 Å². The first-order chi connectivity index (χ1) is 17.0. The van der Waals surface area contributed by atoms with Gasteiger partial charge in [0.15, 0.2) is 0 Å². The third-order valence-corrected chi connectivity index (χ3v) is 7.62. The molecule has 0 atom stereocenters. The van der Waals surface area contributed by atoms with E-state index in [1.54, 1.807) is 29.2 Å². The number of carbonyl (C=O) groups is 3. The quantitative estimate of drug-likeness (QED) is 0.555. The molecule has 12 heteroatoms. The summed E-state index contributed by atoms with van der Waals surface area (Å²) in [6.07, 6.45) is 6.35. The lowest BCUT2D eigenvalue weighted by atomic mass is 9.88. The van der Waals surface area contributed by atoms with Gasteiger partial charge < -0.3 is 20.1 Å². The highest BCUT2D eigenvalue weighted by Crippen LogP contribution is 2.29. The number of aryl methyl sites for hydroxylation is 1. The number of aliphatic carboxylic acids is 1. The minimum Gasteiger partial charge on any atom is -0.481 e. The Bertz CT molecular complexity index is 1020. The minimum atomic E-state index is -0.901. The Balaban J connectivity index is 1.21. The molecule has 1 saturated heterocycles. The predicted octanol–water partition coefficient (Wildman–Crippen LogP) is 3.42. The van der Waals surface area contributed by atoms with E-state index < -0.39 is 12.1 Å². The highest BCUT2D eigenvalue weighted by molar-refractivity contribution is 7.99. The van der Waals surface area contributed by atoms with Crippen LogP contribution in [0, 0.1) is 5.92 Å². The van der Waals surface area contributed by atoms with Gasteiger partial charge in [0.2, 0.25) is 11.1 Å². The summed E-state index contributed by atoms with van der Waals surface area (Å²) in [5, 5.41) is 24.1. The van der Waals surface area contributed by atoms with Gasteiger partial charge in [-0.2, -0.15) is 0 Å². The molecular formula is C23H30N6O5S. The molecule has 11 nitrogen and oxygen atoms in total. The van der Waals surface area contributed by atoms with Crippen molar-refractivity contribution >= 4 is 35.4 Å². The number of tetrazole rings is 1. The summed E-state index contributed by atoms with van der Waals surface area (Å²) in [6, 6.07) is 6.88. The lowest BCUT2D eigenvalue weighted by Crippen LogP contribution is -2.41. The van der Waals surface area contributed by atoms with Crippen LogP contribution in [0.15, 0.2) is 29.4 Å². The number of benzene rings is 1. The summed E-state index contributed by atoms with van der Waals surface area (Å²) in [7, 11) is 0. The number of nitrogens with one attached hydrogen (secondary N) is 1. The van der Waals surface area contributed by atoms with Gasteiger partial charge in [-0.05, 0) is 60.4 Å². The number of anilines is 1. The zero-order valence-corrected chi connectivity index (χ0v) is 20.3. The topological polar surface area (TPSA) is 140 Å². The standard InChI is InChI=1S/C23H30N6O5S/c30-20(31)12-15-29-22(25-26-27-29)35-19-10-13-28(14-11-19)23(33)34-18-8-6-17(7-9-18)24-21(32)16-4-2-1-3-5-16/h6-9,16,19H,1-5,10-15H2,(H,24,32)(H,30,31). The Morgan fingerprint density at radius 2 is 1.77 bits per heavy atom. The van der Waals surface area contributed by atoms with Gasteiger partial charge in [-0.3, -0.25) is 9.59 Å². The number of ether oxygens (including phenoxy) is 1. The number of carboxylic acids is 1. The number of carbonyl (C=O) groups excluding carboxylic acids is 2. The van der Waals surface area contributed by atoms with Crippen LogP contribution in [0.2, 0.25) is 0 Å². The van der Waals surface area contributed by atoms with Crippen molar-refractivity contribution < 1.29 is 24.2 Å². The first kappa shape index (κ1) is 25.0.